The predicted octanol–water partition coefficient (Wildman–Crippen LogP) is 3.71. The van der Waals surface area contributed by atoms with Crippen LogP contribution in [0.1, 0.15) is 53.4 Å². The van der Waals surface area contributed by atoms with Gasteiger partial charge in [-0.05, 0) is 43.9 Å². The van der Waals surface area contributed by atoms with E-state index in [1.165, 1.54) is 0 Å². The molecule has 0 atom stereocenters. The van der Waals surface area contributed by atoms with Crippen LogP contribution in [0.3, 0.4) is 0 Å². The second-order valence-electron chi connectivity index (χ2n) is 6.03. The Bertz CT molecular complexity index is 265. The van der Waals surface area contributed by atoms with Crippen LogP contribution in [0.15, 0.2) is 12.2 Å². The van der Waals surface area contributed by atoms with Crippen LogP contribution < -0.4 is 0 Å². The summed E-state index contributed by atoms with van der Waals surface area (Å²) < 4.78 is 5.38. The number of rotatable bonds is 2. The summed E-state index contributed by atoms with van der Waals surface area (Å²) in [6, 6.07) is 0. The molecule has 0 radical (unpaired) electrons. The zero-order valence-corrected chi connectivity index (χ0v) is 11.0. The fourth-order valence-corrected chi connectivity index (χ4v) is 2.30. The van der Waals surface area contributed by atoms with E-state index in [2.05, 4.69) is 27.4 Å². The van der Waals surface area contributed by atoms with Crippen LogP contribution in [0.5, 0.6) is 0 Å². The zero-order valence-electron chi connectivity index (χ0n) is 11.0. The Kier molecular flexibility index (Phi) is 4.17. The van der Waals surface area contributed by atoms with Gasteiger partial charge in [-0.2, -0.15) is 0 Å². The van der Waals surface area contributed by atoms with Gasteiger partial charge in [0, 0.05) is 5.57 Å². The van der Waals surface area contributed by atoms with Gasteiger partial charge in [-0.25, -0.2) is 4.79 Å². The largest absolute Gasteiger partial charge is 0.459 e. The summed E-state index contributed by atoms with van der Waals surface area (Å²) in [5.74, 6) is 0.520. The molecule has 1 aliphatic rings. The number of esters is 1. The molecule has 0 bridgehead atoms. The van der Waals surface area contributed by atoms with E-state index in [1.54, 1.807) is 6.92 Å². The van der Waals surface area contributed by atoms with E-state index in [4.69, 9.17) is 4.74 Å². The van der Waals surface area contributed by atoms with Crippen molar-refractivity contribution in [3.8, 4) is 0 Å². The molecule has 92 valence electrons. The maximum absolute atomic E-state index is 11.4. The molecule has 16 heavy (non-hydrogen) atoms. The van der Waals surface area contributed by atoms with Crippen molar-refractivity contribution in [3.05, 3.63) is 12.2 Å². The molecule has 0 saturated heterocycles. The Morgan fingerprint density at radius 3 is 2.06 bits per heavy atom. The maximum Gasteiger partial charge on any atom is 0.333 e. The lowest BCUT2D eigenvalue weighted by Gasteiger charge is -2.36. The molecule has 0 heterocycles. The average molecular weight is 224 g/mol. The molecule has 0 aromatic heterocycles. The van der Waals surface area contributed by atoms with Crippen molar-refractivity contribution in [2.45, 2.75) is 59.5 Å². The summed E-state index contributed by atoms with van der Waals surface area (Å²) in [4.78, 5) is 11.4. The van der Waals surface area contributed by atoms with Crippen LogP contribution in [0.2, 0.25) is 0 Å². The topological polar surface area (TPSA) is 26.3 Å². The van der Waals surface area contributed by atoms with Crippen molar-refractivity contribution in [2.75, 3.05) is 0 Å². The van der Waals surface area contributed by atoms with E-state index in [0.717, 1.165) is 31.6 Å². The Morgan fingerprint density at radius 1 is 1.19 bits per heavy atom. The Hall–Kier alpha value is -0.790. The second-order valence-corrected chi connectivity index (χ2v) is 6.03. The minimum atomic E-state index is -0.237. The van der Waals surface area contributed by atoms with E-state index >= 15 is 0 Å². The highest BCUT2D eigenvalue weighted by molar-refractivity contribution is 5.87. The van der Waals surface area contributed by atoms with Gasteiger partial charge in [0.25, 0.3) is 0 Å². The Balaban J connectivity index is 2.38. The molecule has 1 fully saturated rings. The molecule has 0 aromatic carbocycles. The molecule has 2 nitrogen and oxygen atoms in total. The number of carbonyl (C=O) groups excluding carboxylic acids is 1. The molecule has 0 spiro atoms. The monoisotopic (exact) mass is 224 g/mol. The van der Waals surface area contributed by atoms with Crippen molar-refractivity contribution in [1.29, 1.82) is 0 Å². The highest BCUT2D eigenvalue weighted by atomic mass is 16.5. The van der Waals surface area contributed by atoms with Gasteiger partial charge >= 0.3 is 5.97 Å². The molecular formula is C14H24O2. The summed E-state index contributed by atoms with van der Waals surface area (Å²) in [6.07, 6.45) is 4.44. The second kappa shape index (κ2) is 5.03. The van der Waals surface area contributed by atoms with Gasteiger partial charge in [-0.1, -0.05) is 27.4 Å². The van der Waals surface area contributed by atoms with E-state index in [-0.39, 0.29) is 12.1 Å². The van der Waals surface area contributed by atoms with Crippen LogP contribution in [0.4, 0.5) is 0 Å². The van der Waals surface area contributed by atoms with Gasteiger partial charge in [0.2, 0.25) is 0 Å². The first-order valence-electron chi connectivity index (χ1n) is 6.17. The Labute approximate surface area is 99.1 Å². The summed E-state index contributed by atoms with van der Waals surface area (Å²) >= 11 is 0. The predicted molar refractivity (Wildman–Crippen MR) is 66.1 cm³/mol. The van der Waals surface area contributed by atoms with E-state index in [9.17, 15) is 4.79 Å². The maximum atomic E-state index is 11.4. The van der Waals surface area contributed by atoms with Crippen molar-refractivity contribution in [2.24, 2.45) is 11.3 Å². The smallest absolute Gasteiger partial charge is 0.333 e. The van der Waals surface area contributed by atoms with Crippen molar-refractivity contribution in [3.63, 3.8) is 0 Å². The van der Waals surface area contributed by atoms with Crippen molar-refractivity contribution >= 4 is 5.97 Å². The van der Waals surface area contributed by atoms with E-state index < -0.39 is 0 Å². The van der Waals surface area contributed by atoms with Gasteiger partial charge in [0.15, 0.2) is 0 Å². The lowest BCUT2D eigenvalue weighted by atomic mass is 9.72. The van der Waals surface area contributed by atoms with Crippen LogP contribution in [-0.4, -0.2) is 12.1 Å². The lowest BCUT2D eigenvalue weighted by molar-refractivity contribution is -0.146. The lowest BCUT2D eigenvalue weighted by Crippen LogP contribution is -2.30. The minimum absolute atomic E-state index is 0.114. The number of carbonyl (C=O) groups is 1. The molecule has 1 rings (SSSR count). The zero-order chi connectivity index (χ0) is 12.3. The number of ether oxygens (including phenoxy) is 1. The van der Waals surface area contributed by atoms with Crippen LogP contribution in [0.25, 0.3) is 0 Å². The minimum Gasteiger partial charge on any atom is -0.459 e. The van der Waals surface area contributed by atoms with Crippen molar-refractivity contribution < 1.29 is 9.53 Å². The van der Waals surface area contributed by atoms with E-state index in [0.29, 0.717) is 11.0 Å². The van der Waals surface area contributed by atoms with Gasteiger partial charge in [0.1, 0.15) is 6.10 Å². The fourth-order valence-electron chi connectivity index (χ4n) is 2.30. The summed E-state index contributed by atoms with van der Waals surface area (Å²) in [6.45, 7) is 12.2. The molecule has 0 aliphatic heterocycles. The average Bonchev–Trinajstić information content (AvgIpc) is 2.17. The Morgan fingerprint density at radius 2 is 1.69 bits per heavy atom. The molecule has 0 unspecified atom stereocenters. The molecule has 0 N–H and O–H groups in total. The third-order valence-corrected chi connectivity index (χ3v) is 3.52. The highest BCUT2D eigenvalue weighted by Crippen LogP contribution is 2.38. The third-order valence-electron chi connectivity index (χ3n) is 3.52. The first-order valence-corrected chi connectivity index (χ1v) is 6.17. The summed E-state index contributed by atoms with van der Waals surface area (Å²) in [5, 5.41) is 0. The molecule has 2 heteroatoms. The number of hydrogen-bond donors (Lipinski definition) is 0. The normalized spacial score (nSPS) is 26.2. The summed E-state index contributed by atoms with van der Waals surface area (Å²) in [7, 11) is 0. The van der Waals surface area contributed by atoms with Crippen molar-refractivity contribution in [1.82, 2.24) is 0 Å². The SMILES string of the molecule is C=C(C)C(=O)O[C@H]1CC[C@H](C(C)(C)C)CC1. The fraction of sp³-hybridized carbons (Fsp3) is 0.786. The first-order chi connectivity index (χ1) is 7.30. The molecular weight excluding hydrogens is 200 g/mol. The van der Waals surface area contributed by atoms with Crippen LogP contribution in [0, 0.1) is 11.3 Å². The van der Waals surface area contributed by atoms with Crippen LogP contribution >= 0.6 is 0 Å². The quantitative estimate of drug-likeness (QED) is 0.528. The van der Waals surface area contributed by atoms with E-state index in [1.807, 2.05) is 0 Å². The standard InChI is InChI=1S/C14H24O2/c1-10(2)13(15)16-12-8-6-11(7-9-12)14(3,4)5/h11-12H,1,6-9H2,2-5H3/t11-,12-. The molecule has 1 aliphatic carbocycles. The van der Waals surface area contributed by atoms with Gasteiger partial charge < -0.3 is 4.74 Å². The molecule has 0 aromatic rings. The van der Waals surface area contributed by atoms with Gasteiger partial charge in [0.05, 0.1) is 0 Å². The first kappa shape index (κ1) is 13.3. The van der Waals surface area contributed by atoms with Crippen LogP contribution in [-0.2, 0) is 9.53 Å². The third kappa shape index (κ3) is 3.66. The molecule has 1 saturated carbocycles. The van der Waals surface area contributed by atoms with Gasteiger partial charge in [-0.15, -0.1) is 0 Å². The van der Waals surface area contributed by atoms with Gasteiger partial charge in [-0.3, -0.25) is 0 Å². The number of hydrogen-bond acceptors (Lipinski definition) is 2. The highest BCUT2D eigenvalue weighted by Gasteiger charge is 2.30. The summed E-state index contributed by atoms with van der Waals surface area (Å²) in [5.41, 5.74) is 0.876. The molecule has 0 amide bonds.